The van der Waals surface area contributed by atoms with Crippen LogP contribution in [0.4, 0.5) is 0 Å². The molecule has 88 heavy (non-hydrogen) atoms. The zero-order chi connectivity index (χ0) is 65.2. The van der Waals surface area contributed by atoms with Crippen molar-refractivity contribution in [3.8, 4) is 0 Å². The number of aliphatic hydroxyl groups excluding tert-OH is 1. The molecular weight excluding hydrogens is 1160 g/mol. The number of phosphoric ester groups is 2. The Morgan fingerprint density at radius 1 is 0.375 bits per heavy atom. The lowest BCUT2D eigenvalue weighted by Gasteiger charge is -2.21. The molecule has 0 aromatic heterocycles. The van der Waals surface area contributed by atoms with Crippen LogP contribution in [0.5, 0.6) is 0 Å². The Bertz CT molecular complexity index is 1830. The number of hydrogen-bond donors (Lipinski definition) is 3. The molecule has 0 aliphatic rings. The Balaban J connectivity index is 5.28. The molecule has 0 amide bonds. The van der Waals surface area contributed by atoms with E-state index in [1.165, 1.54) is 103 Å². The third-order valence-corrected chi connectivity index (χ3v) is 17.5. The SMILES string of the molecule is CCCCCC/C=C\C=C/CCCCCCCC(=O)O[C@H](COC(=O)CCCCCCCCCC(C)C)COP(=O)(O)OC[C@@H](O)COP(=O)(O)OC[C@@H](COC(=O)CCCCCCCCC(C)C)OC(=O)CCCCCCCCCCCCC(C)CC. The quantitative estimate of drug-likeness (QED) is 0.0169. The van der Waals surface area contributed by atoms with Crippen LogP contribution in [0.25, 0.3) is 0 Å². The van der Waals surface area contributed by atoms with E-state index in [4.69, 9.17) is 37.0 Å². The minimum absolute atomic E-state index is 0.0836. The van der Waals surface area contributed by atoms with E-state index in [0.717, 1.165) is 121 Å². The van der Waals surface area contributed by atoms with Gasteiger partial charge in [0.1, 0.15) is 19.3 Å². The van der Waals surface area contributed by atoms with Gasteiger partial charge in [0.25, 0.3) is 0 Å². The van der Waals surface area contributed by atoms with Gasteiger partial charge in [-0.1, -0.05) is 265 Å². The molecule has 0 heterocycles. The van der Waals surface area contributed by atoms with Gasteiger partial charge in [0.05, 0.1) is 26.4 Å². The molecule has 0 aromatic rings. The third kappa shape index (κ3) is 61.1. The average molecular weight is 1290 g/mol. The molecule has 6 atom stereocenters. The van der Waals surface area contributed by atoms with Crippen molar-refractivity contribution in [2.75, 3.05) is 39.6 Å². The minimum atomic E-state index is -4.96. The number of rotatable bonds is 65. The summed E-state index contributed by atoms with van der Waals surface area (Å²) in [6.07, 6.45) is 45.4. The van der Waals surface area contributed by atoms with Crippen molar-refractivity contribution in [2.24, 2.45) is 17.8 Å². The highest BCUT2D eigenvalue weighted by Gasteiger charge is 2.30. The number of aliphatic hydroxyl groups is 1. The fourth-order valence-electron chi connectivity index (χ4n) is 9.79. The molecule has 17 nitrogen and oxygen atoms in total. The van der Waals surface area contributed by atoms with Crippen molar-refractivity contribution in [3.63, 3.8) is 0 Å². The van der Waals surface area contributed by atoms with Crippen molar-refractivity contribution < 1.29 is 80.2 Å². The number of phosphoric acid groups is 2. The van der Waals surface area contributed by atoms with Crippen LogP contribution in [0.15, 0.2) is 24.3 Å². The summed E-state index contributed by atoms with van der Waals surface area (Å²) in [6.45, 7) is 11.6. The first kappa shape index (κ1) is 85.5. The Morgan fingerprint density at radius 3 is 1.01 bits per heavy atom. The van der Waals surface area contributed by atoms with Crippen LogP contribution in [-0.4, -0.2) is 96.7 Å². The fraction of sp³-hybridized carbons (Fsp3) is 0.884. The molecule has 0 bridgehead atoms. The van der Waals surface area contributed by atoms with Gasteiger partial charge in [-0.15, -0.1) is 0 Å². The van der Waals surface area contributed by atoms with Crippen LogP contribution in [0.2, 0.25) is 0 Å². The number of esters is 4. The van der Waals surface area contributed by atoms with Gasteiger partial charge in [-0.05, 0) is 69.1 Å². The van der Waals surface area contributed by atoms with E-state index < -0.39 is 97.5 Å². The van der Waals surface area contributed by atoms with Crippen molar-refractivity contribution in [2.45, 2.75) is 336 Å². The smallest absolute Gasteiger partial charge is 0.462 e. The van der Waals surface area contributed by atoms with E-state index in [1.807, 2.05) is 0 Å². The van der Waals surface area contributed by atoms with Gasteiger partial charge in [-0.3, -0.25) is 37.3 Å². The fourth-order valence-corrected chi connectivity index (χ4v) is 11.4. The predicted molar refractivity (Wildman–Crippen MR) is 354 cm³/mol. The molecule has 0 aliphatic carbocycles. The monoisotopic (exact) mass is 1290 g/mol. The summed E-state index contributed by atoms with van der Waals surface area (Å²) < 4.78 is 68.1. The lowest BCUT2D eigenvalue weighted by molar-refractivity contribution is -0.161. The maximum atomic E-state index is 13.0. The molecule has 0 saturated carbocycles. The molecule has 0 spiro atoms. The van der Waals surface area contributed by atoms with E-state index in [-0.39, 0.29) is 25.7 Å². The number of unbranched alkanes of at least 4 members (excludes halogenated alkanes) is 29. The number of allylic oxidation sites excluding steroid dienone is 4. The average Bonchev–Trinajstić information content (AvgIpc) is 3.65. The Labute approximate surface area is 535 Å². The maximum absolute atomic E-state index is 13.0. The molecule has 0 aromatic carbocycles. The lowest BCUT2D eigenvalue weighted by atomic mass is 9.99. The number of carbonyl (C=O) groups is 4. The molecular formula is C69H130O17P2. The van der Waals surface area contributed by atoms with E-state index in [0.29, 0.717) is 37.5 Å². The molecule has 0 radical (unpaired) electrons. The van der Waals surface area contributed by atoms with Gasteiger partial charge < -0.3 is 33.8 Å². The van der Waals surface area contributed by atoms with Crippen LogP contribution in [0.1, 0.15) is 318 Å². The minimum Gasteiger partial charge on any atom is -0.462 e. The van der Waals surface area contributed by atoms with Crippen LogP contribution >= 0.6 is 15.6 Å². The van der Waals surface area contributed by atoms with Crippen molar-refractivity contribution >= 4 is 39.5 Å². The first-order valence-corrected chi connectivity index (χ1v) is 38.2. The van der Waals surface area contributed by atoms with Crippen LogP contribution < -0.4 is 0 Å². The van der Waals surface area contributed by atoms with Crippen molar-refractivity contribution in [1.82, 2.24) is 0 Å². The number of ether oxygens (including phenoxy) is 4. The first-order valence-electron chi connectivity index (χ1n) is 35.2. The largest absolute Gasteiger partial charge is 0.472 e. The topological polar surface area (TPSA) is 237 Å². The first-order chi connectivity index (χ1) is 42.3. The summed E-state index contributed by atoms with van der Waals surface area (Å²) in [5, 5.41) is 10.6. The summed E-state index contributed by atoms with van der Waals surface area (Å²) >= 11 is 0. The molecule has 518 valence electrons. The van der Waals surface area contributed by atoms with E-state index in [2.05, 4.69) is 72.8 Å². The summed E-state index contributed by atoms with van der Waals surface area (Å²) in [7, 11) is -9.91. The van der Waals surface area contributed by atoms with Gasteiger partial charge in [0, 0.05) is 25.7 Å². The van der Waals surface area contributed by atoms with Gasteiger partial charge >= 0.3 is 39.5 Å². The molecule has 19 heteroatoms. The van der Waals surface area contributed by atoms with Gasteiger partial charge in [0.15, 0.2) is 12.2 Å². The predicted octanol–water partition coefficient (Wildman–Crippen LogP) is 19.0. The molecule has 0 fully saturated rings. The van der Waals surface area contributed by atoms with E-state index >= 15 is 0 Å². The lowest BCUT2D eigenvalue weighted by Crippen LogP contribution is -2.30. The second-order valence-electron chi connectivity index (χ2n) is 25.4. The van der Waals surface area contributed by atoms with Gasteiger partial charge in [-0.25, -0.2) is 9.13 Å². The standard InChI is InChI=1S/C69H130O17P2/c1-8-10-11-12-13-14-15-16-17-18-19-23-28-38-45-52-68(73)85-64(56-79-66(71)50-43-36-30-25-26-33-40-47-60(3)4)58-83-87(75,76)81-54-63(70)55-82-88(77,78)84-59-65(57-80-67(72)51-44-37-32-31-34-41-48-61(5)6)86-69(74)53-46-39-29-24-21-20-22-27-35-42-49-62(7)9-2/h14-17,60-65,70H,8-13,18-59H2,1-7H3,(H,75,76)(H,77,78)/b15-14-,17-16-/t62?,63-,64-,65-/m1/s1. The molecule has 0 rings (SSSR count). The highest BCUT2D eigenvalue weighted by molar-refractivity contribution is 7.47. The highest BCUT2D eigenvalue weighted by Crippen LogP contribution is 2.45. The van der Waals surface area contributed by atoms with Crippen molar-refractivity contribution in [3.05, 3.63) is 24.3 Å². The highest BCUT2D eigenvalue weighted by atomic mass is 31.2. The number of carbonyl (C=O) groups excluding carboxylic acids is 4. The van der Waals surface area contributed by atoms with Crippen LogP contribution in [-0.2, 0) is 65.4 Å². The Morgan fingerprint density at radius 2 is 0.670 bits per heavy atom. The zero-order valence-electron chi connectivity index (χ0n) is 56.7. The maximum Gasteiger partial charge on any atom is 0.472 e. The van der Waals surface area contributed by atoms with E-state index in [9.17, 15) is 43.2 Å². The van der Waals surface area contributed by atoms with Gasteiger partial charge in [-0.2, -0.15) is 0 Å². The van der Waals surface area contributed by atoms with Crippen LogP contribution in [0, 0.1) is 17.8 Å². The third-order valence-electron chi connectivity index (χ3n) is 15.6. The normalized spacial score (nSPS) is 14.7. The zero-order valence-corrected chi connectivity index (χ0v) is 58.5. The second-order valence-corrected chi connectivity index (χ2v) is 28.3. The van der Waals surface area contributed by atoms with Crippen molar-refractivity contribution in [1.29, 1.82) is 0 Å². The van der Waals surface area contributed by atoms with Gasteiger partial charge in [0.2, 0.25) is 0 Å². The summed E-state index contributed by atoms with van der Waals surface area (Å²) in [5.41, 5.74) is 0. The molecule has 3 unspecified atom stereocenters. The molecule has 0 aliphatic heterocycles. The summed E-state index contributed by atoms with van der Waals surface area (Å²) in [4.78, 5) is 72.4. The summed E-state index contributed by atoms with van der Waals surface area (Å²) in [5.74, 6) is 0.0189. The molecule has 0 saturated heterocycles. The van der Waals surface area contributed by atoms with Crippen LogP contribution in [0.3, 0.4) is 0 Å². The number of hydrogen-bond acceptors (Lipinski definition) is 15. The second kappa shape index (κ2) is 59.5. The Hall–Kier alpha value is -2.46. The summed E-state index contributed by atoms with van der Waals surface area (Å²) in [6, 6.07) is 0. The Kier molecular flexibility index (Phi) is 57.9. The van der Waals surface area contributed by atoms with E-state index in [1.54, 1.807) is 0 Å². The molecule has 3 N–H and O–H groups in total.